The Hall–Kier alpha value is -1.52. The number of hydrogen-bond acceptors (Lipinski definition) is 3. The number of nitrogens with two attached hydrogens (primary N) is 1. The van der Waals surface area contributed by atoms with Gasteiger partial charge >= 0.3 is 0 Å². The lowest BCUT2D eigenvalue weighted by molar-refractivity contribution is 0.353. The number of benzene rings is 2. The van der Waals surface area contributed by atoms with Gasteiger partial charge in [-0.15, -0.1) is 0 Å². The predicted molar refractivity (Wildman–Crippen MR) is 89.8 cm³/mol. The molecule has 0 saturated heterocycles. The molecule has 0 aliphatic carbocycles. The molecule has 2 aromatic carbocycles. The van der Waals surface area contributed by atoms with Gasteiger partial charge in [0.25, 0.3) is 0 Å². The number of rotatable bonds is 4. The van der Waals surface area contributed by atoms with E-state index < -0.39 is 0 Å². The van der Waals surface area contributed by atoms with Crippen molar-refractivity contribution in [3.05, 3.63) is 57.6 Å². The van der Waals surface area contributed by atoms with Gasteiger partial charge in [-0.2, -0.15) is 0 Å². The summed E-state index contributed by atoms with van der Waals surface area (Å²) in [5, 5.41) is 0. The van der Waals surface area contributed by atoms with Gasteiger partial charge < -0.3 is 15.4 Å². The highest BCUT2D eigenvalue weighted by Crippen LogP contribution is 2.34. The topological polar surface area (TPSA) is 38.5 Å². The van der Waals surface area contributed by atoms with Crippen LogP contribution in [0.15, 0.2) is 40.9 Å². The lowest BCUT2D eigenvalue weighted by atomic mass is 10.1. The molecule has 0 saturated carbocycles. The second-order valence-electron chi connectivity index (χ2n) is 5.38. The molecule has 0 aromatic heterocycles. The first kappa shape index (κ1) is 14.4. The van der Waals surface area contributed by atoms with Crippen molar-refractivity contribution in [2.75, 3.05) is 18.6 Å². The van der Waals surface area contributed by atoms with E-state index in [0.717, 1.165) is 35.4 Å². The van der Waals surface area contributed by atoms with E-state index in [1.165, 1.54) is 16.8 Å². The summed E-state index contributed by atoms with van der Waals surface area (Å²) in [4.78, 5) is 2.23. The standard InChI is InChI=1S/C17H19BrN2O/c1-20(16-4-2-12(10-19)3-5-16)11-14-9-15(18)8-13-6-7-21-17(13)14/h2-5,8-9H,6-7,10-11,19H2,1H3. The summed E-state index contributed by atoms with van der Waals surface area (Å²) >= 11 is 3.59. The fourth-order valence-corrected chi connectivity index (χ4v) is 3.25. The fourth-order valence-electron chi connectivity index (χ4n) is 2.70. The third-order valence-electron chi connectivity index (χ3n) is 3.85. The van der Waals surface area contributed by atoms with Crippen molar-refractivity contribution in [2.24, 2.45) is 5.73 Å². The molecule has 0 unspecified atom stereocenters. The van der Waals surface area contributed by atoms with Gasteiger partial charge in [0.15, 0.2) is 0 Å². The summed E-state index contributed by atoms with van der Waals surface area (Å²) in [6.07, 6.45) is 0.997. The number of nitrogens with zero attached hydrogens (tertiary/aromatic N) is 1. The molecule has 1 aliphatic heterocycles. The number of ether oxygens (including phenoxy) is 1. The molecule has 110 valence electrons. The smallest absolute Gasteiger partial charge is 0.127 e. The first-order chi connectivity index (χ1) is 10.2. The van der Waals surface area contributed by atoms with Crippen molar-refractivity contribution in [1.82, 2.24) is 0 Å². The molecule has 3 nitrogen and oxygen atoms in total. The van der Waals surface area contributed by atoms with Crippen LogP contribution in [0, 0.1) is 0 Å². The van der Waals surface area contributed by atoms with Crippen LogP contribution in [0.25, 0.3) is 0 Å². The summed E-state index contributed by atoms with van der Waals surface area (Å²) in [5.74, 6) is 1.06. The van der Waals surface area contributed by atoms with Crippen LogP contribution < -0.4 is 15.4 Å². The monoisotopic (exact) mass is 346 g/mol. The van der Waals surface area contributed by atoms with Crippen LogP contribution >= 0.6 is 15.9 Å². The van der Waals surface area contributed by atoms with Crippen LogP contribution in [-0.4, -0.2) is 13.7 Å². The van der Waals surface area contributed by atoms with E-state index in [2.05, 4.69) is 64.3 Å². The molecular formula is C17H19BrN2O. The van der Waals surface area contributed by atoms with Crippen LogP contribution in [0.5, 0.6) is 5.75 Å². The van der Waals surface area contributed by atoms with Gasteiger partial charge in [-0.25, -0.2) is 0 Å². The van der Waals surface area contributed by atoms with Gasteiger partial charge in [0.2, 0.25) is 0 Å². The molecule has 4 heteroatoms. The summed E-state index contributed by atoms with van der Waals surface area (Å²) in [5.41, 5.74) is 10.5. The van der Waals surface area contributed by atoms with Gasteiger partial charge in [-0.05, 0) is 35.4 Å². The summed E-state index contributed by atoms with van der Waals surface area (Å²) in [7, 11) is 2.10. The Morgan fingerprint density at radius 2 is 2.00 bits per heavy atom. The fraction of sp³-hybridized carbons (Fsp3) is 0.294. The van der Waals surface area contributed by atoms with E-state index in [0.29, 0.717) is 6.54 Å². The number of halogens is 1. The largest absolute Gasteiger partial charge is 0.493 e. The Morgan fingerprint density at radius 3 is 2.71 bits per heavy atom. The molecule has 0 fully saturated rings. The van der Waals surface area contributed by atoms with E-state index in [1.807, 2.05) is 0 Å². The number of anilines is 1. The first-order valence-corrected chi connectivity index (χ1v) is 7.91. The molecule has 2 N–H and O–H groups in total. The molecule has 21 heavy (non-hydrogen) atoms. The Bertz CT molecular complexity index is 640. The summed E-state index contributed by atoms with van der Waals surface area (Å²) in [6.45, 7) is 2.19. The van der Waals surface area contributed by atoms with E-state index in [-0.39, 0.29) is 0 Å². The highest BCUT2D eigenvalue weighted by atomic mass is 79.9. The lowest BCUT2D eigenvalue weighted by Crippen LogP contribution is -2.17. The molecule has 0 atom stereocenters. The number of fused-ring (bicyclic) bond motifs is 1. The minimum absolute atomic E-state index is 0.580. The molecule has 0 amide bonds. The molecule has 0 bridgehead atoms. The van der Waals surface area contributed by atoms with Crippen LogP contribution in [-0.2, 0) is 19.5 Å². The SMILES string of the molecule is CN(Cc1cc(Br)cc2c1OCC2)c1ccc(CN)cc1. The highest BCUT2D eigenvalue weighted by molar-refractivity contribution is 9.10. The van der Waals surface area contributed by atoms with Crippen molar-refractivity contribution < 1.29 is 4.74 Å². The lowest BCUT2D eigenvalue weighted by Gasteiger charge is -2.21. The normalized spacial score (nSPS) is 12.9. The number of hydrogen-bond donors (Lipinski definition) is 1. The van der Waals surface area contributed by atoms with Gasteiger partial charge in [-0.1, -0.05) is 28.1 Å². The van der Waals surface area contributed by atoms with Crippen molar-refractivity contribution in [1.29, 1.82) is 0 Å². The van der Waals surface area contributed by atoms with Crippen LogP contribution in [0.2, 0.25) is 0 Å². The molecular weight excluding hydrogens is 328 g/mol. The maximum Gasteiger partial charge on any atom is 0.127 e. The zero-order chi connectivity index (χ0) is 14.8. The first-order valence-electron chi connectivity index (χ1n) is 7.11. The summed E-state index contributed by atoms with van der Waals surface area (Å²) in [6, 6.07) is 12.7. The van der Waals surface area contributed by atoms with Crippen molar-refractivity contribution in [3.8, 4) is 5.75 Å². The quantitative estimate of drug-likeness (QED) is 0.920. The van der Waals surface area contributed by atoms with Gasteiger partial charge in [0.1, 0.15) is 5.75 Å². The highest BCUT2D eigenvalue weighted by Gasteiger charge is 2.18. The molecule has 1 aliphatic rings. The van der Waals surface area contributed by atoms with Gasteiger partial charge in [0.05, 0.1) is 6.61 Å². The summed E-state index contributed by atoms with van der Waals surface area (Å²) < 4.78 is 6.91. The van der Waals surface area contributed by atoms with Crippen molar-refractivity contribution in [2.45, 2.75) is 19.5 Å². The molecule has 2 aromatic rings. The Balaban J connectivity index is 1.82. The maximum absolute atomic E-state index is 5.79. The van der Waals surface area contributed by atoms with Crippen molar-refractivity contribution in [3.63, 3.8) is 0 Å². The van der Waals surface area contributed by atoms with Crippen LogP contribution in [0.3, 0.4) is 0 Å². The van der Waals surface area contributed by atoms with Crippen LogP contribution in [0.1, 0.15) is 16.7 Å². The molecule has 0 radical (unpaired) electrons. The van der Waals surface area contributed by atoms with Crippen LogP contribution in [0.4, 0.5) is 5.69 Å². The Morgan fingerprint density at radius 1 is 1.24 bits per heavy atom. The van der Waals surface area contributed by atoms with E-state index >= 15 is 0 Å². The zero-order valence-electron chi connectivity index (χ0n) is 12.1. The second kappa shape index (κ2) is 6.08. The molecule has 3 rings (SSSR count). The third-order valence-corrected chi connectivity index (χ3v) is 4.30. The van der Waals surface area contributed by atoms with E-state index in [1.54, 1.807) is 0 Å². The minimum Gasteiger partial charge on any atom is -0.493 e. The van der Waals surface area contributed by atoms with Gasteiger partial charge in [-0.3, -0.25) is 0 Å². The molecule has 1 heterocycles. The average Bonchev–Trinajstić information content (AvgIpc) is 2.95. The average molecular weight is 347 g/mol. The van der Waals surface area contributed by atoms with E-state index in [9.17, 15) is 0 Å². The van der Waals surface area contributed by atoms with Gasteiger partial charge in [0, 0.05) is 42.3 Å². The minimum atomic E-state index is 0.580. The Kier molecular flexibility index (Phi) is 4.17. The predicted octanol–water partition coefficient (Wildman–Crippen LogP) is 3.48. The Labute approximate surface area is 133 Å². The third kappa shape index (κ3) is 3.06. The van der Waals surface area contributed by atoms with Crippen molar-refractivity contribution >= 4 is 21.6 Å². The maximum atomic E-state index is 5.79. The molecule has 0 spiro atoms. The second-order valence-corrected chi connectivity index (χ2v) is 6.29. The van der Waals surface area contributed by atoms with E-state index in [4.69, 9.17) is 10.5 Å². The zero-order valence-corrected chi connectivity index (χ0v) is 13.7.